The number of rotatable bonds is 7. The molecule has 0 aliphatic carbocycles. The minimum atomic E-state index is -0.547. The number of aliphatic hydroxyl groups excluding tert-OH is 1. The van der Waals surface area contributed by atoms with Crippen LogP contribution in [0.5, 0.6) is 0 Å². The van der Waals surface area contributed by atoms with Crippen molar-refractivity contribution in [2.75, 3.05) is 18.1 Å². The van der Waals surface area contributed by atoms with Crippen molar-refractivity contribution >= 4 is 11.8 Å². The Morgan fingerprint density at radius 2 is 2.40 bits per heavy atom. The van der Waals surface area contributed by atoms with Crippen molar-refractivity contribution in [2.45, 2.75) is 26.0 Å². The second kappa shape index (κ2) is 6.93. The van der Waals surface area contributed by atoms with Crippen molar-refractivity contribution in [3.63, 3.8) is 0 Å². The third kappa shape index (κ3) is 4.73. The molecule has 0 saturated carbocycles. The lowest BCUT2D eigenvalue weighted by molar-refractivity contribution is 0.145. The molecule has 0 aliphatic heterocycles. The Morgan fingerprint density at radius 1 is 1.60 bits per heavy atom. The van der Waals surface area contributed by atoms with Crippen molar-refractivity contribution in [1.82, 2.24) is 5.32 Å². The average Bonchev–Trinajstić information content (AvgIpc) is 2.76. The van der Waals surface area contributed by atoms with Gasteiger partial charge < -0.3 is 14.8 Å². The fraction of sp³-hybridized carbons (Fsp3) is 0.636. The van der Waals surface area contributed by atoms with E-state index in [0.717, 1.165) is 11.5 Å². The van der Waals surface area contributed by atoms with Crippen LogP contribution >= 0.6 is 11.8 Å². The molecule has 0 radical (unpaired) electrons. The van der Waals surface area contributed by atoms with Crippen molar-refractivity contribution < 1.29 is 9.52 Å². The summed E-state index contributed by atoms with van der Waals surface area (Å²) in [6, 6.07) is 3.99. The highest BCUT2D eigenvalue weighted by molar-refractivity contribution is 7.99. The first-order valence-electron chi connectivity index (χ1n) is 5.26. The number of hydrogen-bond acceptors (Lipinski definition) is 4. The van der Waals surface area contributed by atoms with Crippen molar-refractivity contribution in [3.05, 3.63) is 24.2 Å². The first-order chi connectivity index (χ1) is 7.24. The molecule has 0 aromatic carbocycles. The Bertz CT molecular complexity index is 251. The van der Waals surface area contributed by atoms with Gasteiger partial charge in [-0.2, -0.15) is 11.8 Å². The van der Waals surface area contributed by atoms with Crippen LogP contribution in [0.15, 0.2) is 22.8 Å². The van der Waals surface area contributed by atoms with E-state index in [9.17, 15) is 5.11 Å². The van der Waals surface area contributed by atoms with Gasteiger partial charge in [-0.25, -0.2) is 0 Å². The van der Waals surface area contributed by atoms with Crippen LogP contribution in [-0.2, 0) is 0 Å². The van der Waals surface area contributed by atoms with Crippen LogP contribution < -0.4 is 5.32 Å². The van der Waals surface area contributed by atoms with Crippen molar-refractivity contribution in [3.8, 4) is 0 Å². The Balaban J connectivity index is 2.19. The van der Waals surface area contributed by atoms with E-state index in [4.69, 9.17) is 4.42 Å². The highest BCUT2D eigenvalue weighted by atomic mass is 32.2. The van der Waals surface area contributed by atoms with E-state index in [0.29, 0.717) is 18.3 Å². The summed E-state index contributed by atoms with van der Waals surface area (Å²) in [5.74, 6) is 2.83. The predicted molar refractivity (Wildman–Crippen MR) is 64.1 cm³/mol. The number of nitrogens with one attached hydrogen (secondary N) is 1. The molecule has 1 heterocycles. The van der Waals surface area contributed by atoms with E-state index in [1.807, 2.05) is 11.8 Å². The lowest BCUT2D eigenvalue weighted by atomic mass is 10.2. The molecule has 1 aromatic rings. The van der Waals surface area contributed by atoms with Gasteiger partial charge in [0.25, 0.3) is 0 Å². The summed E-state index contributed by atoms with van der Waals surface area (Å²) in [7, 11) is 0. The molecule has 1 aromatic heterocycles. The first kappa shape index (κ1) is 12.6. The summed E-state index contributed by atoms with van der Waals surface area (Å²) in [6.45, 7) is 4.81. The monoisotopic (exact) mass is 229 g/mol. The molecule has 0 amide bonds. The molecule has 2 atom stereocenters. The van der Waals surface area contributed by atoms with Crippen LogP contribution in [0.3, 0.4) is 0 Å². The van der Waals surface area contributed by atoms with Gasteiger partial charge in [0.05, 0.1) is 6.26 Å². The molecule has 15 heavy (non-hydrogen) atoms. The molecule has 86 valence electrons. The normalized spacial score (nSPS) is 15.1. The number of thioether (sulfide) groups is 1. The van der Waals surface area contributed by atoms with E-state index in [1.165, 1.54) is 0 Å². The Morgan fingerprint density at radius 3 is 3.00 bits per heavy atom. The largest absolute Gasteiger partial charge is 0.467 e. The highest BCUT2D eigenvalue weighted by Crippen LogP contribution is 2.12. The second-order valence-electron chi connectivity index (χ2n) is 3.50. The summed E-state index contributed by atoms with van der Waals surface area (Å²) in [5, 5.41) is 13.0. The summed E-state index contributed by atoms with van der Waals surface area (Å²) < 4.78 is 5.11. The van der Waals surface area contributed by atoms with Gasteiger partial charge in [-0.05, 0) is 24.8 Å². The van der Waals surface area contributed by atoms with E-state index in [2.05, 4.69) is 19.2 Å². The van der Waals surface area contributed by atoms with Gasteiger partial charge in [0.2, 0.25) is 0 Å². The maximum atomic E-state index is 9.72. The van der Waals surface area contributed by atoms with E-state index >= 15 is 0 Å². The second-order valence-corrected chi connectivity index (χ2v) is 4.82. The fourth-order valence-corrected chi connectivity index (χ4v) is 1.95. The number of aliphatic hydroxyl groups is 1. The van der Waals surface area contributed by atoms with Crippen LogP contribution in [0.2, 0.25) is 0 Å². The minimum absolute atomic E-state index is 0.416. The molecular formula is C11H19NO2S. The molecule has 0 bridgehead atoms. The van der Waals surface area contributed by atoms with E-state index in [1.54, 1.807) is 18.4 Å². The zero-order chi connectivity index (χ0) is 11.1. The van der Waals surface area contributed by atoms with Crippen molar-refractivity contribution in [2.24, 2.45) is 0 Å². The summed E-state index contributed by atoms with van der Waals surface area (Å²) in [6.07, 6.45) is 1.03. The molecule has 2 unspecified atom stereocenters. The van der Waals surface area contributed by atoms with Crippen molar-refractivity contribution in [1.29, 1.82) is 0 Å². The van der Waals surface area contributed by atoms with Gasteiger partial charge in [-0.1, -0.05) is 6.92 Å². The van der Waals surface area contributed by atoms with Crippen LogP contribution in [0.25, 0.3) is 0 Å². The molecular weight excluding hydrogens is 210 g/mol. The van der Waals surface area contributed by atoms with Gasteiger partial charge in [-0.15, -0.1) is 0 Å². The van der Waals surface area contributed by atoms with Gasteiger partial charge in [0.15, 0.2) is 0 Å². The number of hydrogen-bond donors (Lipinski definition) is 2. The number of furan rings is 1. The zero-order valence-corrected chi connectivity index (χ0v) is 10.1. The molecule has 3 nitrogen and oxygen atoms in total. The van der Waals surface area contributed by atoms with E-state index in [-0.39, 0.29) is 0 Å². The molecule has 2 N–H and O–H groups in total. The fourth-order valence-electron chi connectivity index (χ4n) is 1.25. The zero-order valence-electron chi connectivity index (χ0n) is 9.27. The third-order valence-corrected chi connectivity index (χ3v) is 3.25. The highest BCUT2D eigenvalue weighted by Gasteiger charge is 2.11. The molecule has 0 aliphatic rings. The summed E-state index contributed by atoms with van der Waals surface area (Å²) >= 11 is 1.90. The van der Waals surface area contributed by atoms with E-state index < -0.39 is 6.10 Å². The topological polar surface area (TPSA) is 45.4 Å². The maximum Gasteiger partial charge on any atom is 0.133 e. The van der Waals surface area contributed by atoms with Crippen LogP contribution in [-0.4, -0.2) is 29.2 Å². The quantitative estimate of drug-likeness (QED) is 0.751. The molecule has 0 spiro atoms. The Hall–Kier alpha value is -0.450. The van der Waals surface area contributed by atoms with Crippen LogP contribution in [0.1, 0.15) is 25.7 Å². The Labute approximate surface area is 95.2 Å². The molecule has 4 heteroatoms. The first-order valence-corrected chi connectivity index (χ1v) is 6.42. The lowest BCUT2D eigenvalue weighted by Gasteiger charge is -2.15. The predicted octanol–water partition coefficient (Wildman–Crippen LogP) is 2.04. The van der Waals surface area contributed by atoms with Gasteiger partial charge in [0, 0.05) is 18.3 Å². The lowest BCUT2D eigenvalue weighted by Crippen LogP contribution is -2.32. The SMILES string of the molecule is CCSCC(C)NCC(O)c1ccco1. The van der Waals surface area contributed by atoms with Gasteiger partial charge in [-0.3, -0.25) is 0 Å². The molecule has 0 saturated heterocycles. The van der Waals surface area contributed by atoms with Crippen LogP contribution in [0.4, 0.5) is 0 Å². The van der Waals surface area contributed by atoms with Gasteiger partial charge in [0.1, 0.15) is 11.9 Å². The minimum Gasteiger partial charge on any atom is -0.467 e. The standard InChI is InChI=1S/C11H19NO2S/c1-3-15-8-9(2)12-7-10(13)11-5-4-6-14-11/h4-6,9-10,12-13H,3,7-8H2,1-2H3. The van der Waals surface area contributed by atoms with Gasteiger partial charge >= 0.3 is 0 Å². The maximum absolute atomic E-state index is 9.72. The molecule has 0 fully saturated rings. The smallest absolute Gasteiger partial charge is 0.133 e. The van der Waals surface area contributed by atoms with Crippen LogP contribution in [0, 0.1) is 0 Å². The summed E-state index contributed by atoms with van der Waals surface area (Å²) in [5.41, 5.74) is 0. The Kier molecular flexibility index (Phi) is 5.83. The summed E-state index contributed by atoms with van der Waals surface area (Å²) in [4.78, 5) is 0. The molecule has 1 rings (SSSR count). The average molecular weight is 229 g/mol. The third-order valence-electron chi connectivity index (χ3n) is 2.10.